The summed E-state index contributed by atoms with van der Waals surface area (Å²) in [6.45, 7) is 9.15. The number of carbonyl (C=O) groups is 3. The molecule has 1 fully saturated rings. The summed E-state index contributed by atoms with van der Waals surface area (Å²) in [6.07, 6.45) is 6.91. The minimum absolute atomic E-state index is 0.247. The summed E-state index contributed by atoms with van der Waals surface area (Å²) in [5, 5.41) is 0. The third-order valence-corrected chi connectivity index (χ3v) is 4.03. The molecule has 0 saturated carbocycles. The monoisotopic (exact) mass is 330 g/mol. The molecule has 0 aromatic heterocycles. The highest BCUT2D eigenvalue weighted by Gasteiger charge is 2.43. The van der Waals surface area contributed by atoms with E-state index in [1.165, 1.54) is 0 Å². The Morgan fingerprint density at radius 2 is 2.12 bits per heavy atom. The Morgan fingerprint density at radius 1 is 1.42 bits per heavy atom. The Balaban J connectivity index is 2.49. The number of esters is 2. The average molecular weight is 330 g/mol. The summed E-state index contributed by atoms with van der Waals surface area (Å²) in [5.41, 5.74) is 1.62. The number of hydrogen-bond donors (Lipinski definition) is 0. The number of carbonyl (C=O) groups excluding carboxylic acids is 3. The minimum Gasteiger partial charge on any atom is -0.457 e. The lowest BCUT2D eigenvalue weighted by molar-refractivity contribution is -0.153. The standard InChI is InChI=1S/C19H22O5/c1-11(2)18(21)23-16-9-14(10-20)7-5-6-12(3)8-15-17(16)13(4)19(22)24-15/h5,7-11,15-17H,4,6H2,1-3H3/b7-5-,12-8-,14-9+/t15-,16-,17+/m1/s1. The van der Waals surface area contributed by atoms with Gasteiger partial charge in [0.15, 0.2) is 0 Å². The van der Waals surface area contributed by atoms with E-state index >= 15 is 0 Å². The number of aldehydes is 1. The fraction of sp³-hybridized carbons (Fsp3) is 0.421. The predicted octanol–water partition coefficient (Wildman–Crippen LogP) is 2.68. The molecule has 3 atom stereocenters. The van der Waals surface area contributed by atoms with Crippen LogP contribution in [-0.4, -0.2) is 30.4 Å². The predicted molar refractivity (Wildman–Crippen MR) is 88.9 cm³/mol. The number of ether oxygens (including phenoxy) is 2. The zero-order chi connectivity index (χ0) is 17.9. The van der Waals surface area contributed by atoms with Gasteiger partial charge in [-0.25, -0.2) is 4.79 Å². The van der Waals surface area contributed by atoms with E-state index in [0.29, 0.717) is 18.3 Å². The van der Waals surface area contributed by atoms with E-state index in [2.05, 4.69) is 6.58 Å². The summed E-state index contributed by atoms with van der Waals surface area (Å²) < 4.78 is 10.9. The fourth-order valence-electron chi connectivity index (χ4n) is 2.66. The molecule has 0 amide bonds. The lowest BCUT2D eigenvalue weighted by Gasteiger charge is -2.25. The molecule has 2 rings (SSSR count). The van der Waals surface area contributed by atoms with Crippen LogP contribution in [0.4, 0.5) is 0 Å². The molecule has 0 N–H and O–H groups in total. The van der Waals surface area contributed by atoms with Gasteiger partial charge in [-0.15, -0.1) is 0 Å². The van der Waals surface area contributed by atoms with Gasteiger partial charge in [-0.1, -0.05) is 38.2 Å². The second-order valence-electron chi connectivity index (χ2n) is 6.38. The van der Waals surface area contributed by atoms with Crippen molar-refractivity contribution < 1.29 is 23.9 Å². The maximum Gasteiger partial charge on any atom is 0.334 e. The van der Waals surface area contributed by atoms with E-state index in [-0.39, 0.29) is 11.5 Å². The first kappa shape index (κ1) is 17.9. The second kappa shape index (κ2) is 7.43. The van der Waals surface area contributed by atoms with Crippen LogP contribution >= 0.6 is 0 Å². The molecule has 0 bridgehead atoms. The lowest BCUT2D eigenvalue weighted by atomic mass is 9.88. The fourth-order valence-corrected chi connectivity index (χ4v) is 2.66. The Morgan fingerprint density at radius 3 is 2.75 bits per heavy atom. The Hall–Kier alpha value is -2.43. The molecule has 0 aromatic rings. The summed E-state index contributed by atoms with van der Waals surface area (Å²) in [4.78, 5) is 35.3. The van der Waals surface area contributed by atoms with Gasteiger partial charge in [0.25, 0.3) is 0 Å². The lowest BCUT2D eigenvalue weighted by Crippen LogP contribution is -2.33. The molecule has 0 aromatic carbocycles. The maximum absolute atomic E-state index is 12.1. The van der Waals surface area contributed by atoms with E-state index in [0.717, 1.165) is 5.57 Å². The van der Waals surface area contributed by atoms with Crippen molar-refractivity contribution in [2.45, 2.75) is 39.4 Å². The first-order valence-corrected chi connectivity index (χ1v) is 7.94. The van der Waals surface area contributed by atoms with Gasteiger partial charge in [0.05, 0.1) is 11.8 Å². The highest BCUT2D eigenvalue weighted by molar-refractivity contribution is 5.91. The third kappa shape index (κ3) is 3.91. The van der Waals surface area contributed by atoms with Crippen LogP contribution in [0.1, 0.15) is 27.2 Å². The van der Waals surface area contributed by atoms with Crippen LogP contribution in [0.25, 0.3) is 0 Å². The Labute approximate surface area is 141 Å². The van der Waals surface area contributed by atoms with Gasteiger partial charge in [0, 0.05) is 11.1 Å². The maximum atomic E-state index is 12.1. The molecule has 0 radical (unpaired) electrons. The smallest absolute Gasteiger partial charge is 0.334 e. The van der Waals surface area contributed by atoms with Crippen LogP contribution in [-0.2, 0) is 23.9 Å². The zero-order valence-corrected chi connectivity index (χ0v) is 14.2. The minimum atomic E-state index is -0.796. The van der Waals surface area contributed by atoms with Crippen molar-refractivity contribution in [1.82, 2.24) is 0 Å². The van der Waals surface area contributed by atoms with E-state index in [9.17, 15) is 14.4 Å². The van der Waals surface area contributed by atoms with Gasteiger partial charge in [0.2, 0.25) is 0 Å². The first-order valence-electron chi connectivity index (χ1n) is 7.94. The number of allylic oxidation sites excluding steroid dienone is 4. The van der Waals surface area contributed by atoms with E-state index in [4.69, 9.17) is 9.47 Å². The van der Waals surface area contributed by atoms with E-state index in [1.807, 2.05) is 19.1 Å². The SMILES string of the molecule is C=C1C(=O)O[C@@H]2/C=C(/C)C/C=C\C(C=O)=C/[C@@H](OC(=O)C(C)C)[C@@H]12. The van der Waals surface area contributed by atoms with Gasteiger partial charge in [0.1, 0.15) is 18.5 Å². The molecule has 128 valence electrons. The summed E-state index contributed by atoms with van der Waals surface area (Å²) in [6, 6.07) is 0. The number of hydrogen-bond acceptors (Lipinski definition) is 5. The van der Waals surface area contributed by atoms with Crippen molar-refractivity contribution in [3.05, 3.63) is 47.6 Å². The molecule has 1 aliphatic carbocycles. The summed E-state index contributed by atoms with van der Waals surface area (Å²) >= 11 is 0. The molecular weight excluding hydrogens is 308 g/mol. The topological polar surface area (TPSA) is 69.7 Å². The average Bonchev–Trinajstić information content (AvgIpc) is 2.79. The Bertz CT molecular complexity index is 651. The molecular formula is C19H22O5. The van der Waals surface area contributed by atoms with Crippen molar-refractivity contribution in [2.24, 2.45) is 11.8 Å². The van der Waals surface area contributed by atoms with Crippen LogP contribution in [0.3, 0.4) is 0 Å². The molecule has 1 heterocycles. The molecule has 0 spiro atoms. The molecule has 1 aliphatic heterocycles. The summed E-state index contributed by atoms with van der Waals surface area (Å²) in [7, 11) is 0. The van der Waals surface area contributed by atoms with Gasteiger partial charge in [-0.05, 0) is 25.5 Å². The van der Waals surface area contributed by atoms with Crippen LogP contribution in [0.15, 0.2) is 47.6 Å². The third-order valence-electron chi connectivity index (χ3n) is 4.03. The van der Waals surface area contributed by atoms with Crippen molar-refractivity contribution in [2.75, 3.05) is 0 Å². The highest BCUT2D eigenvalue weighted by Crippen LogP contribution is 2.34. The zero-order valence-electron chi connectivity index (χ0n) is 14.2. The van der Waals surface area contributed by atoms with Crippen molar-refractivity contribution in [3.8, 4) is 0 Å². The van der Waals surface area contributed by atoms with Gasteiger partial charge in [-0.2, -0.15) is 0 Å². The van der Waals surface area contributed by atoms with Crippen LogP contribution in [0, 0.1) is 11.8 Å². The van der Waals surface area contributed by atoms with Gasteiger partial charge in [-0.3, -0.25) is 9.59 Å². The van der Waals surface area contributed by atoms with Crippen molar-refractivity contribution in [3.63, 3.8) is 0 Å². The summed E-state index contributed by atoms with van der Waals surface area (Å²) in [5.74, 6) is -1.79. The van der Waals surface area contributed by atoms with Crippen molar-refractivity contribution >= 4 is 18.2 Å². The van der Waals surface area contributed by atoms with Crippen molar-refractivity contribution in [1.29, 1.82) is 0 Å². The van der Waals surface area contributed by atoms with Crippen LogP contribution < -0.4 is 0 Å². The quantitative estimate of drug-likeness (QED) is 0.344. The number of fused-ring (bicyclic) bond motifs is 1. The van der Waals surface area contributed by atoms with Gasteiger partial charge < -0.3 is 9.47 Å². The van der Waals surface area contributed by atoms with Crippen LogP contribution in [0.5, 0.6) is 0 Å². The normalized spacial score (nSPS) is 32.8. The van der Waals surface area contributed by atoms with Gasteiger partial charge >= 0.3 is 11.9 Å². The molecule has 5 heteroatoms. The van der Waals surface area contributed by atoms with E-state index in [1.54, 1.807) is 26.0 Å². The highest BCUT2D eigenvalue weighted by atomic mass is 16.6. The molecule has 24 heavy (non-hydrogen) atoms. The van der Waals surface area contributed by atoms with E-state index < -0.39 is 30.1 Å². The largest absolute Gasteiger partial charge is 0.457 e. The molecule has 5 nitrogen and oxygen atoms in total. The second-order valence-corrected chi connectivity index (χ2v) is 6.38. The molecule has 1 saturated heterocycles. The Kier molecular flexibility index (Phi) is 5.54. The first-order chi connectivity index (χ1) is 11.3. The number of rotatable bonds is 3. The molecule has 2 aliphatic rings. The molecule has 0 unspecified atom stereocenters. The van der Waals surface area contributed by atoms with Crippen LogP contribution in [0.2, 0.25) is 0 Å².